The first-order valence-electron chi connectivity index (χ1n) is 0. The Morgan fingerprint density at radius 1 is 0.750 bits per heavy atom. The van der Waals surface area contributed by atoms with Crippen LogP contribution in [0.4, 0.5) is 0 Å². The van der Waals surface area contributed by atoms with Crippen LogP contribution in [0.2, 0.25) is 0 Å². The second-order valence-electron chi connectivity index (χ2n) is 0. The zero-order valence-corrected chi connectivity index (χ0v) is 6.97. The Balaban J connectivity index is 0. The normalized spacial score (nSPS) is 0. The smallest absolute Gasteiger partial charge is 0 e. The fourth-order valence-electron chi connectivity index (χ4n) is 0. The maximum Gasteiger partial charge on any atom is 0 e. The summed E-state index contributed by atoms with van der Waals surface area (Å²) in [7, 11) is 0. The van der Waals surface area contributed by atoms with Crippen LogP contribution in [0.15, 0.2) is 0 Å². The van der Waals surface area contributed by atoms with Crippen molar-refractivity contribution in [2.75, 3.05) is 0 Å². The molecule has 0 atom stereocenters. The molecule has 0 heterocycles. The molecule has 0 saturated carbocycles. The Morgan fingerprint density at radius 3 is 0.750 bits per heavy atom. The first kappa shape index (κ1) is 68.4. The molecule has 0 aliphatic heterocycles. The molecule has 4 heavy (non-hydrogen) atoms. The molecule has 0 fully saturated rings. The molecule has 0 aliphatic carbocycles. The van der Waals surface area contributed by atoms with Crippen LogP contribution in [0.25, 0.3) is 0 Å². The number of hydrogen-bond donors (Lipinski definition) is 0. The van der Waals surface area contributed by atoms with E-state index in [9.17, 15) is 0 Å². The van der Waals surface area contributed by atoms with E-state index in [0.29, 0.717) is 0 Å². The van der Waals surface area contributed by atoms with Crippen LogP contribution >= 0.6 is 12.4 Å². The molecule has 0 unspecified atom stereocenters. The average Bonchev–Trinajstić information content (AvgIpc) is 0. The van der Waals surface area contributed by atoms with Gasteiger partial charge in [-0.3, -0.25) is 0 Å². The standard InChI is InChI=1S/Cd.ClH.2H2O/h;1H;2*1H2. The minimum Gasteiger partial charge on any atom is -0.412 e. The first-order chi connectivity index (χ1) is 0. The van der Waals surface area contributed by atoms with E-state index < -0.39 is 0 Å². The summed E-state index contributed by atoms with van der Waals surface area (Å²) in [4.78, 5) is 0. The van der Waals surface area contributed by atoms with Gasteiger partial charge < -0.3 is 11.0 Å². The van der Waals surface area contributed by atoms with Gasteiger partial charge in [0.2, 0.25) is 0 Å². The van der Waals surface area contributed by atoms with Gasteiger partial charge in [-0.05, 0) is 0 Å². The van der Waals surface area contributed by atoms with Crippen molar-refractivity contribution in [1.29, 1.82) is 0 Å². The van der Waals surface area contributed by atoms with Gasteiger partial charge in [0, 0.05) is 27.3 Å². The van der Waals surface area contributed by atoms with Crippen molar-refractivity contribution in [2.24, 2.45) is 0 Å². The van der Waals surface area contributed by atoms with E-state index in [0.717, 1.165) is 0 Å². The summed E-state index contributed by atoms with van der Waals surface area (Å²) in [5.41, 5.74) is 0. The molecular formula is H5CdClO2. The molecular weight excluding hydrogens is 180 g/mol. The summed E-state index contributed by atoms with van der Waals surface area (Å²) in [6.45, 7) is 0. The van der Waals surface area contributed by atoms with Crippen LogP contribution < -0.4 is 0 Å². The SMILES string of the molecule is Cl.O.O.[Cd]. The molecule has 0 aliphatic rings. The number of halogens is 1. The third kappa shape index (κ3) is 11.1. The molecule has 0 saturated heterocycles. The Hall–Kier alpha value is 1.13. The van der Waals surface area contributed by atoms with Crippen molar-refractivity contribution in [3.8, 4) is 0 Å². The van der Waals surface area contributed by atoms with E-state index in [1.165, 1.54) is 0 Å². The third-order valence-electron chi connectivity index (χ3n) is 0. The van der Waals surface area contributed by atoms with Gasteiger partial charge in [0.25, 0.3) is 0 Å². The fraction of sp³-hybridized carbons (Fsp3) is 0. The number of hydrogen-bond acceptors (Lipinski definition) is 0. The predicted octanol–water partition coefficient (Wildman–Crippen LogP) is -1.23. The van der Waals surface area contributed by atoms with Crippen molar-refractivity contribution in [3.63, 3.8) is 0 Å². The minimum atomic E-state index is 0. The van der Waals surface area contributed by atoms with Crippen LogP contribution in [-0.2, 0) is 27.3 Å². The van der Waals surface area contributed by atoms with Crippen LogP contribution in [0.1, 0.15) is 0 Å². The average molecular weight is 185 g/mol. The third-order valence-corrected chi connectivity index (χ3v) is 0. The second kappa shape index (κ2) is 31.6. The largest absolute Gasteiger partial charge is 0.412 e. The van der Waals surface area contributed by atoms with Gasteiger partial charge in [-0.2, -0.15) is 0 Å². The van der Waals surface area contributed by atoms with Crippen LogP contribution in [-0.4, -0.2) is 11.0 Å². The Labute approximate surface area is 50.8 Å². The molecule has 26 valence electrons. The predicted molar refractivity (Wildman–Crippen MR) is 14.5 cm³/mol. The molecule has 0 aromatic rings. The van der Waals surface area contributed by atoms with E-state index in [1.54, 1.807) is 0 Å². The second-order valence-corrected chi connectivity index (χ2v) is 0. The van der Waals surface area contributed by atoms with Crippen LogP contribution in [0.5, 0.6) is 0 Å². The molecule has 0 amide bonds. The van der Waals surface area contributed by atoms with Crippen LogP contribution in [0.3, 0.4) is 0 Å². The fourth-order valence-corrected chi connectivity index (χ4v) is 0. The van der Waals surface area contributed by atoms with Gasteiger partial charge >= 0.3 is 0 Å². The van der Waals surface area contributed by atoms with Gasteiger partial charge in [-0.1, -0.05) is 0 Å². The summed E-state index contributed by atoms with van der Waals surface area (Å²) in [6, 6.07) is 0. The molecule has 4 heteroatoms. The van der Waals surface area contributed by atoms with Gasteiger partial charge in [0.1, 0.15) is 0 Å². The van der Waals surface area contributed by atoms with E-state index >= 15 is 0 Å². The minimum absolute atomic E-state index is 0. The number of rotatable bonds is 0. The van der Waals surface area contributed by atoms with Gasteiger partial charge in [-0.15, -0.1) is 12.4 Å². The van der Waals surface area contributed by atoms with E-state index in [1.807, 2.05) is 0 Å². The molecule has 0 aromatic heterocycles. The Kier molecular flexibility index (Phi) is 541. The Bertz CT molecular complexity index is 6.00. The van der Waals surface area contributed by atoms with Crippen molar-refractivity contribution in [2.45, 2.75) is 0 Å². The summed E-state index contributed by atoms with van der Waals surface area (Å²) < 4.78 is 0. The Morgan fingerprint density at radius 2 is 0.750 bits per heavy atom. The maximum absolute atomic E-state index is 0. The monoisotopic (exact) mass is 186 g/mol. The summed E-state index contributed by atoms with van der Waals surface area (Å²) in [5, 5.41) is 0. The molecule has 4 N–H and O–H groups in total. The molecule has 0 aromatic carbocycles. The zero-order chi connectivity index (χ0) is 0. The molecule has 2 nitrogen and oxygen atoms in total. The van der Waals surface area contributed by atoms with Crippen molar-refractivity contribution < 1.29 is 38.3 Å². The molecule has 0 bridgehead atoms. The van der Waals surface area contributed by atoms with Crippen molar-refractivity contribution in [3.05, 3.63) is 0 Å². The summed E-state index contributed by atoms with van der Waals surface area (Å²) in [6.07, 6.45) is 0. The summed E-state index contributed by atoms with van der Waals surface area (Å²) >= 11 is 0. The van der Waals surface area contributed by atoms with E-state index in [2.05, 4.69) is 0 Å². The van der Waals surface area contributed by atoms with Gasteiger partial charge in [-0.25, -0.2) is 0 Å². The van der Waals surface area contributed by atoms with Gasteiger partial charge in [0.15, 0.2) is 0 Å². The van der Waals surface area contributed by atoms with E-state index in [4.69, 9.17) is 0 Å². The summed E-state index contributed by atoms with van der Waals surface area (Å²) in [5.74, 6) is 0. The first-order valence-corrected chi connectivity index (χ1v) is 0. The molecule has 0 radical (unpaired) electrons. The quantitative estimate of drug-likeness (QED) is 0.424. The van der Waals surface area contributed by atoms with Crippen molar-refractivity contribution >= 4 is 12.4 Å². The van der Waals surface area contributed by atoms with Gasteiger partial charge in [0.05, 0.1) is 0 Å². The van der Waals surface area contributed by atoms with Crippen LogP contribution in [0, 0.1) is 0 Å². The van der Waals surface area contributed by atoms with E-state index in [-0.39, 0.29) is 50.7 Å². The van der Waals surface area contributed by atoms with Crippen molar-refractivity contribution in [1.82, 2.24) is 0 Å². The topological polar surface area (TPSA) is 63.0 Å². The zero-order valence-electron chi connectivity index (χ0n) is 2.12. The molecule has 0 spiro atoms. The maximum atomic E-state index is 0. The molecule has 0 rings (SSSR count).